The molecule has 2 aromatic heterocycles. The van der Waals surface area contributed by atoms with E-state index in [-0.39, 0.29) is 16.9 Å². The van der Waals surface area contributed by atoms with Gasteiger partial charge in [0.25, 0.3) is 0 Å². The number of phenolic OH excluding ortho intramolecular Hbond substituents is 1. The number of aromatic hydroxyl groups is 1. The van der Waals surface area contributed by atoms with E-state index in [2.05, 4.69) is 21.9 Å². The van der Waals surface area contributed by atoms with Gasteiger partial charge in [-0.05, 0) is 42.0 Å². The summed E-state index contributed by atoms with van der Waals surface area (Å²) in [5.74, 6) is 0.0434. The average Bonchev–Trinajstić information content (AvgIpc) is 2.91. The summed E-state index contributed by atoms with van der Waals surface area (Å²) in [5, 5.41) is 12.5. The molecule has 0 bridgehead atoms. The van der Waals surface area contributed by atoms with Crippen LogP contribution in [0.1, 0.15) is 11.1 Å². The van der Waals surface area contributed by atoms with Crippen LogP contribution < -0.4 is 11.3 Å². The Morgan fingerprint density at radius 3 is 2.29 bits per heavy atom. The molecule has 6 rings (SSSR count). The molecule has 0 aliphatic carbocycles. The second-order valence-corrected chi connectivity index (χ2v) is 10.0. The molecule has 0 amide bonds. The van der Waals surface area contributed by atoms with Gasteiger partial charge in [-0.3, -0.25) is 9.80 Å². The largest absolute Gasteiger partial charge is 0.507 e. The fourth-order valence-corrected chi connectivity index (χ4v) is 5.28. The SMILES string of the molecule is O=c1cc(-c2cc3cc(Cl)ccc3oc2=O)c2ccc(O)c(CN3CCN(Cc4ccccc4)CC3)c2o1. The molecule has 1 aliphatic rings. The molecule has 0 atom stereocenters. The molecule has 1 N–H and O–H groups in total. The quantitative estimate of drug-likeness (QED) is 0.312. The molecule has 8 heteroatoms. The van der Waals surface area contributed by atoms with E-state index in [4.69, 9.17) is 20.4 Å². The van der Waals surface area contributed by atoms with Crippen LogP contribution in [0.25, 0.3) is 33.1 Å². The van der Waals surface area contributed by atoms with E-state index in [0.29, 0.717) is 39.0 Å². The number of hydrogen-bond acceptors (Lipinski definition) is 7. The van der Waals surface area contributed by atoms with Crippen LogP contribution in [0.15, 0.2) is 91.2 Å². The number of piperazine rings is 1. The van der Waals surface area contributed by atoms with E-state index in [1.807, 2.05) is 18.2 Å². The average molecular weight is 529 g/mol. The third-order valence-electron chi connectivity index (χ3n) is 7.07. The first-order valence-electron chi connectivity index (χ1n) is 12.5. The predicted molar refractivity (Wildman–Crippen MR) is 148 cm³/mol. The summed E-state index contributed by atoms with van der Waals surface area (Å²) in [5.41, 5.74) is 1.90. The number of hydrogen-bond donors (Lipinski definition) is 1. The van der Waals surface area contributed by atoms with Gasteiger partial charge in [0.1, 0.15) is 16.9 Å². The van der Waals surface area contributed by atoms with Crippen LogP contribution in [-0.2, 0) is 13.1 Å². The zero-order chi connectivity index (χ0) is 26.2. The topological polar surface area (TPSA) is 87.1 Å². The molecule has 0 saturated carbocycles. The molecule has 5 aromatic rings. The maximum absolute atomic E-state index is 12.9. The van der Waals surface area contributed by atoms with Gasteiger partial charge in [0.15, 0.2) is 0 Å². The summed E-state index contributed by atoms with van der Waals surface area (Å²) in [4.78, 5) is 30.2. The van der Waals surface area contributed by atoms with Crippen LogP contribution in [0, 0.1) is 0 Å². The molecule has 1 saturated heterocycles. The minimum absolute atomic E-state index is 0.0434. The lowest BCUT2D eigenvalue weighted by atomic mass is 9.99. The third-order valence-corrected chi connectivity index (χ3v) is 7.31. The Morgan fingerprint density at radius 2 is 1.53 bits per heavy atom. The predicted octanol–water partition coefficient (Wildman–Crippen LogP) is 5.24. The van der Waals surface area contributed by atoms with Gasteiger partial charge in [0, 0.05) is 66.7 Å². The maximum Gasteiger partial charge on any atom is 0.344 e. The molecule has 7 nitrogen and oxygen atoms in total. The number of phenols is 1. The molecule has 192 valence electrons. The van der Waals surface area contributed by atoms with E-state index in [9.17, 15) is 14.7 Å². The Labute approximate surface area is 223 Å². The fourth-order valence-electron chi connectivity index (χ4n) is 5.10. The van der Waals surface area contributed by atoms with Crippen molar-refractivity contribution in [1.29, 1.82) is 0 Å². The van der Waals surface area contributed by atoms with E-state index in [1.165, 1.54) is 11.6 Å². The first-order chi connectivity index (χ1) is 18.4. The number of benzene rings is 3. The number of rotatable bonds is 5. The molecule has 1 fully saturated rings. The van der Waals surface area contributed by atoms with E-state index < -0.39 is 11.3 Å². The molecule has 3 aromatic carbocycles. The summed E-state index contributed by atoms with van der Waals surface area (Å²) in [6, 6.07) is 21.5. The zero-order valence-corrected chi connectivity index (χ0v) is 21.3. The summed E-state index contributed by atoms with van der Waals surface area (Å²) in [6.45, 7) is 4.69. The fraction of sp³-hybridized carbons (Fsp3) is 0.200. The van der Waals surface area contributed by atoms with Gasteiger partial charge >= 0.3 is 11.3 Å². The highest BCUT2D eigenvalue weighted by molar-refractivity contribution is 6.31. The standard InChI is InChI=1S/C30H25ClN2O5/c31-21-6-9-27-20(14-21)15-24(30(36)37-27)23-16-28(35)38-29-22(23)7-8-26(34)25(29)18-33-12-10-32(11-13-33)17-19-4-2-1-3-5-19/h1-9,14-16,34H,10-13,17-18H2. The maximum atomic E-state index is 12.9. The van der Waals surface area contributed by atoms with Crippen molar-refractivity contribution in [3.63, 3.8) is 0 Å². The molecule has 1 aliphatic heterocycles. The summed E-state index contributed by atoms with van der Waals surface area (Å²) in [6.07, 6.45) is 0. The molecular formula is C30H25ClN2O5. The zero-order valence-electron chi connectivity index (χ0n) is 20.5. The van der Waals surface area contributed by atoms with Crippen molar-refractivity contribution in [1.82, 2.24) is 9.80 Å². The van der Waals surface area contributed by atoms with Crippen molar-refractivity contribution in [2.75, 3.05) is 26.2 Å². The van der Waals surface area contributed by atoms with Gasteiger partial charge in [-0.2, -0.15) is 0 Å². The monoisotopic (exact) mass is 528 g/mol. The van der Waals surface area contributed by atoms with E-state index in [0.717, 1.165) is 32.7 Å². The van der Waals surface area contributed by atoms with Crippen LogP contribution in [0.2, 0.25) is 5.02 Å². The Balaban J connectivity index is 1.32. The molecule has 3 heterocycles. The Hall–Kier alpha value is -3.91. The highest BCUT2D eigenvalue weighted by Gasteiger charge is 2.22. The van der Waals surface area contributed by atoms with Crippen LogP contribution in [-0.4, -0.2) is 41.1 Å². The number of fused-ring (bicyclic) bond motifs is 2. The van der Waals surface area contributed by atoms with Crippen LogP contribution in [0.5, 0.6) is 5.75 Å². The lowest BCUT2D eigenvalue weighted by Gasteiger charge is -2.34. The Kier molecular flexibility index (Phi) is 6.49. The number of halogens is 1. The smallest absolute Gasteiger partial charge is 0.344 e. The lowest BCUT2D eigenvalue weighted by molar-refractivity contribution is 0.121. The molecule has 38 heavy (non-hydrogen) atoms. The summed E-state index contributed by atoms with van der Waals surface area (Å²) < 4.78 is 11.1. The van der Waals surface area contributed by atoms with Gasteiger partial charge < -0.3 is 13.9 Å². The van der Waals surface area contributed by atoms with Gasteiger partial charge in [0.05, 0.1) is 11.1 Å². The van der Waals surface area contributed by atoms with Gasteiger partial charge in [-0.1, -0.05) is 41.9 Å². The Bertz CT molecular complexity index is 1750. The second-order valence-electron chi connectivity index (χ2n) is 9.59. The van der Waals surface area contributed by atoms with Gasteiger partial charge in [0.2, 0.25) is 0 Å². The van der Waals surface area contributed by atoms with E-state index in [1.54, 1.807) is 36.4 Å². The van der Waals surface area contributed by atoms with Crippen molar-refractivity contribution in [3.05, 3.63) is 110 Å². The van der Waals surface area contributed by atoms with Crippen molar-refractivity contribution >= 4 is 33.5 Å². The van der Waals surface area contributed by atoms with Gasteiger partial charge in [-0.15, -0.1) is 0 Å². The van der Waals surface area contributed by atoms with Crippen LogP contribution in [0.4, 0.5) is 0 Å². The minimum atomic E-state index is -0.613. The van der Waals surface area contributed by atoms with Crippen molar-refractivity contribution in [2.24, 2.45) is 0 Å². The number of nitrogens with zero attached hydrogens (tertiary/aromatic N) is 2. The van der Waals surface area contributed by atoms with Crippen molar-refractivity contribution < 1.29 is 13.9 Å². The van der Waals surface area contributed by atoms with Crippen LogP contribution >= 0.6 is 11.6 Å². The Morgan fingerprint density at radius 1 is 0.789 bits per heavy atom. The first-order valence-corrected chi connectivity index (χ1v) is 12.8. The van der Waals surface area contributed by atoms with Gasteiger partial charge in [-0.25, -0.2) is 9.59 Å². The minimum Gasteiger partial charge on any atom is -0.507 e. The van der Waals surface area contributed by atoms with E-state index >= 15 is 0 Å². The highest BCUT2D eigenvalue weighted by atomic mass is 35.5. The molecule has 0 spiro atoms. The first kappa shape index (κ1) is 24.4. The molecule has 0 unspecified atom stereocenters. The molecule has 0 radical (unpaired) electrons. The third kappa shape index (κ3) is 4.84. The molecular weight excluding hydrogens is 504 g/mol. The van der Waals surface area contributed by atoms with Crippen molar-refractivity contribution in [2.45, 2.75) is 13.1 Å². The summed E-state index contributed by atoms with van der Waals surface area (Å²) in [7, 11) is 0. The lowest BCUT2D eigenvalue weighted by Crippen LogP contribution is -2.45. The second kappa shape index (κ2) is 10.1. The highest BCUT2D eigenvalue weighted by Crippen LogP contribution is 2.34. The normalized spacial score (nSPS) is 14.9. The van der Waals surface area contributed by atoms with Crippen molar-refractivity contribution in [3.8, 4) is 16.9 Å². The van der Waals surface area contributed by atoms with Crippen LogP contribution in [0.3, 0.4) is 0 Å². The summed E-state index contributed by atoms with van der Waals surface area (Å²) >= 11 is 6.14.